The van der Waals surface area contributed by atoms with Crippen molar-refractivity contribution >= 4 is 45.4 Å². The van der Waals surface area contributed by atoms with Gasteiger partial charge >= 0.3 is 0 Å². The van der Waals surface area contributed by atoms with E-state index in [0.717, 1.165) is 16.8 Å². The van der Waals surface area contributed by atoms with E-state index in [1.807, 2.05) is 32.0 Å². The summed E-state index contributed by atoms with van der Waals surface area (Å²) in [6.07, 6.45) is 0. The minimum absolute atomic E-state index is 0.179. The van der Waals surface area contributed by atoms with Crippen LogP contribution in [0.4, 0.5) is 16.6 Å². The van der Waals surface area contributed by atoms with Gasteiger partial charge in [-0.1, -0.05) is 53.3 Å². The minimum Gasteiger partial charge on any atom is -0.382 e. The average molecular weight is 358 g/mol. The van der Waals surface area contributed by atoms with E-state index in [1.165, 1.54) is 11.3 Å². The van der Waals surface area contributed by atoms with Crippen molar-refractivity contribution in [1.82, 2.24) is 4.98 Å². The number of benzene rings is 2. The number of rotatable bonds is 4. The second-order valence-electron chi connectivity index (χ2n) is 5.46. The van der Waals surface area contributed by atoms with Gasteiger partial charge in [-0.15, -0.1) is 0 Å². The smallest absolute Gasteiger partial charge is 0.206 e. The van der Waals surface area contributed by atoms with Crippen LogP contribution in [0.1, 0.15) is 26.4 Å². The molecule has 0 aliphatic carbocycles. The van der Waals surface area contributed by atoms with Crippen molar-refractivity contribution in [2.45, 2.75) is 13.8 Å². The predicted molar refractivity (Wildman–Crippen MR) is 101 cm³/mol. The van der Waals surface area contributed by atoms with Gasteiger partial charge in [0, 0.05) is 16.3 Å². The zero-order valence-electron chi connectivity index (χ0n) is 13.3. The molecule has 0 radical (unpaired) electrons. The third kappa shape index (κ3) is 3.27. The Hall–Kier alpha value is -2.37. The summed E-state index contributed by atoms with van der Waals surface area (Å²) in [5.41, 5.74) is 9.64. The number of nitrogens with one attached hydrogen (secondary N) is 1. The first-order chi connectivity index (χ1) is 11.5. The van der Waals surface area contributed by atoms with E-state index in [0.29, 0.717) is 20.6 Å². The number of anilines is 3. The molecule has 1 heterocycles. The van der Waals surface area contributed by atoms with Crippen LogP contribution < -0.4 is 11.1 Å². The molecule has 0 aliphatic rings. The Morgan fingerprint density at radius 2 is 1.83 bits per heavy atom. The molecular formula is C18H16ClN3OS. The normalized spacial score (nSPS) is 10.6. The van der Waals surface area contributed by atoms with Gasteiger partial charge in [-0.2, -0.15) is 0 Å². The van der Waals surface area contributed by atoms with Gasteiger partial charge in [-0.05, 0) is 37.1 Å². The van der Waals surface area contributed by atoms with Crippen molar-refractivity contribution in [2.24, 2.45) is 0 Å². The van der Waals surface area contributed by atoms with Crippen molar-refractivity contribution in [3.8, 4) is 0 Å². The number of hydrogen-bond acceptors (Lipinski definition) is 5. The molecule has 0 bridgehead atoms. The van der Waals surface area contributed by atoms with Crippen molar-refractivity contribution in [1.29, 1.82) is 0 Å². The number of thiazole rings is 1. The van der Waals surface area contributed by atoms with Gasteiger partial charge in [0.25, 0.3) is 0 Å². The first-order valence-corrected chi connectivity index (χ1v) is 8.55. The topological polar surface area (TPSA) is 68.0 Å². The van der Waals surface area contributed by atoms with Gasteiger partial charge in [0.1, 0.15) is 10.7 Å². The second kappa shape index (κ2) is 6.63. The Balaban J connectivity index is 1.92. The molecule has 0 aliphatic heterocycles. The molecule has 0 saturated carbocycles. The van der Waals surface area contributed by atoms with Crippen LogP contribution in [-0.2, 0) is 0 Å². The van der Waals surface area contributed by atoms with Crippen LogP contribution in [0.25, 0.3) is 0 Å². The first kappa shape index (κ1) is 16.5. The van der Waals surface area contributed by atoms with Crippen LogP contribution in [0.2, 0.25) is 5.02 Å². The summed E-state index contributed by atoms with van der Waals surface area (Å²) in [6, 6.07) is 12.8. The summed E-state index contributed by atoms with van der Waals surface area (Å²) < 4.78 is 0. The Labute approximate surface area is 149 Å². The van der Waals surface area contributed by atoms with E-state index >= 15 is 0 Å². The standard InChI is InChI=1S/C18H16ClN3OS/c1-10-5-3-6-11(2)14(10)21-18-22-17(20)16(24-18)15(23)12-7-4-8-13(19)9-12/h3-9H,20H2,1-2H3,(H,21,22). The monoisotopic (exact) mass is 357 g/mol. The lowest BCUT2D eigenvalue weighted by Crippen LogP contribution is -2.02. The number of nitrogens with zero attached hydrogens (tertiary/aromatic N) is 1. The Kier molecular flexibility index (Phi) is 4.55. The fraction of sp³-hybridized carbons (Fsp3) is 0.111. The number of nitrogen functional groups attached to an aromatic ring is 1. The van der Waals surface area contributed by atoms with Crippen LogP contribution in [0.3, 0.4) is 0 Å². The SMILES string of the molecule is Cc1cccc(C)c1Nc1nc(N)c(C(=O)c2cccc(Cl)c2)s1. The van der Waals surface area contributed by atoms with Crippen LogP contribution in [0.5, 0.6) is 0 Å². The zero-order valence-corrected chi connectivity index (χ0v) is 14.8. The highest BCUT2D eigenvalue weighted by Crippen LogP contribution is 2.32. The van der Waals surface area contributed by atoms with Crippen molar-refractivity contribution in [2.75, 3.05) is 11.1 Å². The van der Waals surface area contributed by atoms with Crippen molar-refractivity contribution in [3.05, 3.63) is 69.1 Å². The molecule has 0 saturated heterocycles. The molecule has 4 nitrogen and oxygen atoms in total. The highest BCUT2D eigenvalue weighted by atomic mass is 35.5. The predicted octanol–water partition coefficient (Wildman–Crippen LogP) is 4.97. The number of para-hydroxylation sites is 1. The molecule has 6 heteroatoms. The molecular weight excluding hydrogens is 342 g/mol. The highest BCUT2D eigenvalue weighted by molar-refractivity contribution is 7.18. The van der Waals surface area contributed by atoms with E-state index < -0.39 is 0 Å². The molecule has 0 spiro atoms. The Bertz CT molecular complexity index is 900. The summed E-state index contributed by atoms with van der Waals surface area (Å²) in [4.78, 5) is 17.3. The van der Waals surface area contributed by atoms with Gasteiger partial charge in [0.15, 0.2) is 5.13 Å². The van der Waals surface area contributed by atoms with Crippen molar-refractivity contribution in [3.63, 3.8) is 0 Å². The fourth-order valence-corrected chi connectivity index (χ4v) is 3.47. The molecule has 2 aromatic carbocycles. The molecule has 0 unspecified atom stereocenters. The number of halogens is 1. The van der Waals surface area contributed by atoms with Crippen LogP contribution in [-0.4, -0.2) is 10.8 Å². The maximum absolute atomic E-state index is 12.6. The lowest BCUT2D eigenvalue weighted by Gasteiger charge is -2.09. The number of carbonyl (C=O) groups is 1. The molecule has 0 amide bonds. The largest absolute Gasteiger partial charge is 0.382 e. The van der Waals surface area contributed by atoms with Gasteiger partial charge in [-0.3, -0.25) is 4.79 Å². The number of ketones is 1. The van der Waals surface area contributed by atoms with Gasteiger partial charge in [0.2, 0.25) is 5.78 Å². The Morgan fingerprint density at radius 1 is 1.17 bits per heavy atom. The van der Waals surface area contributed by atoms with Crippen molar-refractivity contribution < 1.29 is 4.79 Å². The molecule has 3 N–H and O–H groups in total. The minimum atomic E-state index is -0.179. The number of aromatic nitrogens is 1. The van der Waals surface area contributed by atoms with E-state index in [1.54, 1.807) is 24.3 Å². The second-order valence-corrected chi connectivity index (χ2v) is 6.90. The highest BCUT2D eigenvalue weighted by Gasteiger charge is 2.18. The zero-order chi connectivity index (χ0) is 17.3. The molecule has 3 aromatic rings. The molecule has 0 fully saturated rings. The van der Waals surface area contributed by atoms with Gasteiger partial charge < -0.3 is 11.1 Å². The van der Waals surface area contributed by atoms with E-state index in [4.69, 9.17) is 17.3 Å². The summed E-state index contributed by atoms with van der Waals surface area (Å²) >= 11 is 7.20. The molecule has 0 atom stereocenters. The summed E-state index contributed by atoms with van der Waals surface area (Å²) in [5.74, 6) is 0.0424. The molecule has 122 valence electrons. The molecule has 1 aromatic heterocycles. The maximum atomic E-state index is 12.6. The van der Waals surface area contributed by atoms with E-state index in [2.05, 4.69) is 10.3 Å². The third-order valence-electron chi connectivity index (χ3n) is 3.66. The lowest BCUT2D eigenvalue weighted by atomic mass is 10.1. The number of hydrogen-bond donors (Lipinski definition) is 2. The van der Waals surface area contributed by atoms with E-state index in [9.17, 15) is 4.79 Å². The van der Waals surface area contributed by atoms with E-state index in [-0.39, 0.29) is 11.6 Å². The summed E-state index contributed by atoms with van der Waals surface area (Å²) in [7, 11) is 0. The lowest BCUT2D eigenvalue weighted by molar-refractivity contribution is 0.104. The number of carbonyl (C=O) groups excluding carboxylic acids is 1. The summed E-state index contributed by atoms with van der Waals surface area (Å²) in [6.45, 7) is 4.04. The quantitative estimate of drug-likeness (QED) is 0.647. The third-order valence-corrected chi connectivity index (χ3v) is 4.88. The van der Waals surface area contributed by atoms with Gasteiger partial charge in [-0.25, -0.2) is 4.98 Å². The average Bonchev–Trinajstić information content (AvgIpc) is 2.91. The maximum Gasteiger partial charge on any atom is 0.206 e. The number of nitrogens with two attached hydrogens (primary N) is 1. The first-order valence-electron chi connectivity index (χ1n) is 7.35. The van der Waals surface area contributed by atoms with Gasteiger partial charge in [0.05, 0.1) is 0 Å². The molecule has 24 heavy (non-hydrogen) atoms. The molecule has 3 rings (SSSR count). The van der Waals surface area contributed by atoms with Crippen LogP contribution in [0.15, 0.2) is 42.5 Å². The van der Waals surface area contributed by atoms with Crippen LogP contribution in [0, 0.1) is 13.8 Å². The fourth-order valence-electron chi connectivity index (χ4n) is 2.43. The Morgan fingerprint density at radius 3 is 2.50 bits per heavy atom. The van der Waals surface area contributed by atoms with Crippen LogP contribution >= 0.6 is 22.9 Å². The number of aryl methyl sites for hydroxylation is 2. The summed E-state index contributed by atoms with van der Waals surface area (Å²) in [5, 5.41) is 4.37.